The van der Waals surface area contributed by atoms with Crippen molar-refractivity contribution in [2.45, 2.75) is 19.4 Å². The van der Waals surface area contributed by atoms with E-state index < -0.39 is 0 Å². The summed E-state index contributed by atoms with van der Waals surface area (Å²) in [6, 6.07) is 4.36. The van der Waals surface area contributed by atoms with E-state index in [1.165, 1.54) is 49.7 Å². The van der Waals surface area contributed by atoms with Gasteiger partial charge in [-0.3, -0.25) is 0 Å². The summed E-state index contributed by atoms with van der Waals surface area (Å²) >= 11 is 7.47. The van der Waals surface area contributed by atoms with E-state index in [0.29, 0.717) is 4.47 Å². The highest BCUT2D eigenvalue weighted by atomic mass is 35.5. The summed E-state index contributed by atoms with van der Waals surface area (Å²) in [4.78, 5) is 10.3. The molecule has 22 heavy (non-hydrogen) atoms. The summed E-state index contributed by atoms with van der Waals surface area (Å²) in [7, 11) is 2.20. The molecule has 0 spiro atoms. The van der Waals surface area contributed by atoms with Crippen LogP contribution in [0.5, 0.6) is 0 Å². The monoisotopic (exact) mass is 338 g/mol. The lowest BCUT2D eigenvalue weighted by atomic mass is 10.2. The minimum atomic E-state index is 0.624. The molecule has 0 unspecified atom stereocenters. The van der Waals surface area contributed by atoms with Crippen LogP contribution < -0.4 is 0 Å². The van der Waals surface area contributed by atoms with Gasteiger partial charge >= 0.3 is 0 Å². The Balaban J connectivity index is 1.48. The van der Waals surface area contributed by atoms with E-state index in [-0.39, 0.29) is 0 Å². The van der Waals surface area contributed by atoms with E-state index in [1.54, 1.807) is 11.3 Å². The van der Waals surface area contributed by atoms with E-state index in [0.717, 1.165) is 13.0 Å². The molecule has 0 bridgehead atoms. The number of thiazole rings is 1. The molecule has 0 atom stereocenters. The molecule has 4 nitrogen and oxygen atoms in total. The largest absolute Gasteiger partial charge is 0.346 e. The van der Waals surface area contributed by atoms with Crippen LogP contribution in [-0.4, -0.2) is 59.1 Å². The third-order valence-corrected chi connectivity index (χ3v) is 5.38. The second-order valence-corrected chi connectivity index (χ2v) is 7.65. The maximum absolute atomic E-state index is 5.91. The molecule has 0 N–H and O–H groups in total. The van der Waals surface area contributed by atoms with E-state index in [2.05, 4.69) is 44.7 Å². The molecular weight excluding hydrogens is 316 g/mol. The van der Waals surface area contributed by atoms with Crippen molar-refractivity contribution in [1.82, 2.24) is 19.4 Å². The van der Waals surface area contributed by atoms with E-state index in [1.807, 2.05) is 6.20 Å². The van der Waals surface area contributed by atoms with Gasteiger partial charge in [0, 0.05) is 49.1 Å². The molecule has 1 saturated heterocycles. The molecule has 0 aliphatic carbocycles. The normalized spacial score (nSPS) is 17.2. The SMILES string of the molecule is CN1CCN(CCCc2cccn2Cc2cnc(Cl)s2)CC1. The van der Waals surface area contributed by atoms with Crippen molar-refractivity contribution in [3.8, 4) is 0 Å². The Bertz CT molecular complexity index is 586. The Hall–Kier alpha value is -0.880. The van der Waals surface area contributed by atoms with Crippen LogP contribution in [0.3, 0.4) is 0 Å². The first-order valence-corrected chi connectivity index (χ1v) is 9.05. The fraction of sp³-hybridized carbons (Fsp3) is 0.562. The first-order valence-electron chi connectivity index (χ1n) is 7.86. The highest BCUT2D eigenvalue weighted by molar-refractivity contribution is 7.15. The van der Waals surface area contributed by atoms with Crippen molar-refractivity contribution in [3.63, 3.8) is 0 Å². The third kappa shape index (κ3) is 4.32. The van der Waals surface area contributed by atoms with Gasteiger partial charge in [0.25, 0.3) is 0 Å². The van der Waals surface area contributed by atoms with Crippen molar-refractivity contribution in [2.24, 2.45) is 0 Å². The Labute approximate surface area is 141 Å². The van der Waals surface area contributed by atoms with Crippen LogP contribution >= 0.6 is 22.9 Å². The van der Waals surface area contributed by atoms with Gasteiger partial charge in [-0.2, -0.15) is 0 Å². The molecule has 3 heterocycles. The van der Waals surface area contributed by atoms with Crippen molar-refractivity contribution in [1.29, 1.82) is 0 Å². The average molecular weight is 339 g/mol. The number of aromatic nitrogens is 2. The molecule has 0 radical (unpaired) electrons. The lowest BCUT2D eigenvalue weighted by Gasteiger charge is -2.32. The number of piperazine rings is 1. The zero-order chi connectivity index (χ0) is 15.4. The molecule has 1 fully saturated rings. The fourth-order valence-corrected chi connectivity index (χ4v) is 3.89. The van der Waals surface area contributed by atoms with Crippen molar-refractivity contribution in [3.05, 3.63) is 39.6 Å². The quantitative estimate of drug-likeness (QED) is 0.809. The summed E-state index contributed by atoms with van der Waals surface area (Å²) in [6.45, 7) is 6.88. The van der Waals surface area contributed by atoms with E-state index >= 15 is 0 Å². The molecule has 2 aromatic heterocycles. The number of hydrogen-bond donors (Lipinski definition) is 0. The molecule has 6 heteroatoms. The molecule has 120 valence electrons. The van der Waals surface area contributed by atoms with Crippen LogP contribution in [0.1, 0.15) is 17.0 Å². The zero-order valence-electron chi connectivity index (χ0n) is 13.0. The molecule has 0 saturated carbocycles. The van der Waals surface area contributed by atoms with Gasteiger partial charge in [-0.05, 0) is 38.6 Å². The summed E-state index contributed by atoms with van der Waals surface area (Å²) in [5.41, 5.74) is 1.40. The Kier molecular flexibility index (Phi) is 5.52. The van der Waals surface area contributed by atoms with Gasteiger partial charge in [0.2, 0.25) is 0 Å². The summed E-state index contributed by atoms with van der Waals surface area (Å²) in [5.74, 6) is 0. The highest BCUT2D eigenvalue weighted by Crippen LogP contribution is 2.20. The molecule has 0 aromatic carbocycles. The van der Waals surface area contributed by atoms with Gasteiger partial charge in [0.15, 0.2) is 4.47 Å². The number of hydrogen-bond acceptors (Lipinski definition) is 4. The lowest BCUT2D eigenvalue weighted by Crippen LogP contribution is -2.44. The minimum absolute atomic E-state index is 0.624. The predicted molar refractivity (Wildman–Crippen MR) is 92.9 cm³/mol. The van der Waals surface area contributed by atoms with Crippen LogP contribution in [0.4, 0.5) is 0 Å². The Morgan fingerprint density at radius 1 is 1.27 bits per heavy atom. The predicted octanol–water partition coefficient (Wildman–Crippen LogP) is 2.83. The van der Waals surface area contributed by atoms with Crippen LogP contribution in [0, 0.1) is 0 Å². The number of rotatable bonds is 6. The maximum atomic E-state index is 5.91. The number of aryl methyl sites for hydroxylation is 1. The summed E-state index contributed by atoms with van der Waals surface area (Å²) in [6.07, 6.45) is 6.38. The summed E-state index contributed by atoms with van der Waals surface area (Å²) < 4.78 is 2.94. The van der Waals surface area contributed by atoms with Gasteiger partial charge in [-0.1, -0.05) is 11.6 Å². The third-order valence-electron chi connectivity index (χ3n) is 4.28. The second-order valence-electron chi connectivity index (χ2n) is 5.96. The topological polar surface area (TPSA) is 24.3 Å². The molecule has 3 rings (SSSR count). The van der Waals surface area contributed by atoms with Gasteiger partial charge in [-0.15, -0.1) is 11.3 Å². The summed E-state index contributed by atoms with van der Waals surface area (Å²) in [5, 5.41) is 0. The number of halogens is 1. The zero-order valence-corrected chi connectivity index (χ0v) is 14.6. The van der Waals surface area contributed by atoms with Crippen molar-refractivity contribution >= 4 is 22.9 Å². The van der Waals surface area contributed by atoms with Crippen molar-refractivity contribution < 1.29 is 0 Å². The van der Waals surface area contributed by atoms with Gasteiger partial charge < -0.3 is 14.4 Å². The standard InChI is InChI=1S/C16H23ClN4S/c1-19-8-10-20(11-9-19)6-2-4-14-5-3-7-21(14)13-15-12-18-16(17)22-15/h3,5,7,12H,2,4,6,8-11,13H2,1H3. The lowest BCUT2D eigenvalue weighted by molar-refractivity contribution is 0.153. The number of likely N-dealkylation sites (N-methyl/N-ethyl adjacent to an activating group) is 1. The smallest absolute Gasteiger partial charge is 0.183 e. The van der Waals surface area contributed by atoms with Gasteiger partial charge in [-0.25, -0.2) is 4.98 Å². The fourth-order valence-electron chi connectivity index (χ4n) is 2.91. The Morgan fingerprint density at radius 2 is 2.09 bits per heavy atom. The van der Waals surface area contributed by atoms with Gasteiger partial charge in [0.1, 0.15) is 0 Å². The Morgan fingerprint density at radius 3 is 2.82 bits per heavy atom. The van der Waals surface area contributed by atoms with E-state index in [4.69, 9.17) is 11.6 Å². The molecule has 2 aromatic rings. The molecule has 1 aliphatic rings. The van der Waals surface area contributed by atoms with Crippen LogP contribution in [0.25, 0.3) is 0 Å². The highest BCUT2D eigenvalue weighted by Gasteiger charge is 2.13. The molecule has 1 aliphatic heterocycles. The van der Waals surface area contributed by atoms with Crippen LogP contribution in [0.15, 0.2) is 24.5 Å². The van der Waals surface area contributed by atoms with Gasteiger partial charge in [0.05, 0.1) is 6.54 Å². The molecular formula is C16H23ClN4S. The molecule has 0 amide bonds. The first kappa shape index (κ1) is 16.0. The average Bonchev–Trinajstić information content (AvgIpc) is 3.11. The first-order chi connectivity index (χ1) is 10.7. The number of nitrogens with zero attached hydrogens (tertiary/aromatic N) is 4. The second kappa shape index (κ2) is 7.59. The minimum Gasteiger partial charge on any atom is -0.346 e. The van der Waals surface area contributed by atoms with Crippen molar-refractivity contribution in [2.75, 3.05) is 39.8 Å². The van der Waals surface area contributed by atoms with Crippen LogP contribution in [0.2, 0.25) is 4.47 Å². The van der Waals surface area contributed by atoms with E-state index in [9.17, 15) is 0 Å². The maximum Gasteiger partial charge on any atom is 0.183 e. The van der Waals surface area contributed by atoms with Crippen LogP contribution in [-0.2, 0) is 13.0 Å².